The summed E-state index contributed by atoms with van der Waals surface area (Å²) in [5.74, 6) is 0. The maximum atomic E-state index is 9.94. The summed E-state index contributed by atoms with van der Waals surface area (Å²) in [6.07, 6.45) is 4.98. The van der Waals surface area contributed by atoms with Crippen LogP contribution in [0.4, 0.5) is 0 Å². The number of aliphatic hydroxyl groups excluding tert-OH is 1. The molecule has 12 heavy (non-hydrogen) atoms. The molecule has 0 bridgehead atoms. The molecule has 0 aromatic carbocycles. The predicted octanol–water partition coefficient (Wildman–Crippen LogP) is 1.93. The van der Waals surface area contributed by atoms with E-state index in [1.807, 2.05) is 20.8 Å². The summed E-state index contributed by atoms with van der Waals surface area (Å²) in [6, 6.07) is 0. The Morgan fingerprint density at radius 1 is 1.50 bits per heavy atom. The van der Waals surface area contributed by atoms with Gasteiger partial charge in [-0.3, -0.25) is 4.79 Å². The van der Waals surface area contributed by atoms with E-state index >= 15 is 0 Å². The third-order valence-electron chi connectivity index (χ3n) is 2.39. The first kappa shape index (κ1) is 11.4. The number of carbonyl (C=O) groups excluding carboxylic acids is 1. The lowest BCUT2D eigenvalue weighted by molar-refractivity contribution is -0.104. The Balaban J connectivity index is 3.94. The van der Waals surface area contributed by atoms with Gasteiger partial charge in [0.05, 0.1) is 6.10 Å². The predicted molar refractivity (Wildman–Crippen MR) is 49.9 cm³/mol. The summed E-state index contributed by atoms with van der Waals surface area (Å²) in [6.45, 7) is 6.09. The highest BCUT2D eigenvalue weighted by Crippen LogP contribution is 2.26. The van der Waals surface area contributed by atoms with Crippen LogP contribution in [-0.2, 0) is 4.79 Å². The highest BCUT2D eigenvalue weighted by molar-refractivity contribution is 5.64. The molecule has 0 aliphatic carbocycles. The minimum Gasteiger partial charge on any atom is -0.392 e. The standard InChI is InChI=1S/C10H18O2/c1-4-10(2,3)9(12)7-5-6-8-11/h5-6,8-9,12H,4,7H2,1-3H3. The van der Waals surface area contributed by atoms with Gasteiger partial charge in [-0.2, -0.15) is 0 Å². The second kappa shape index (κ2) is 5.09. The van der Waals surface area contributed by atoms with Gasteiger partial charge in [0.15, 0.2) is 0 Å². The molecular weight excluding hydrogens is 152 g/mol. The maximum absolute atomic E-state index is 9.94. The van der Waals surface area contributed by atoms with E-state index in [1.54, 1.807) is 6.08 Å². The van der Waals surface area contributed by atoms with E-state index in [1.165, 1.54) is 6.08 Å². The molecule has 0 saturated heterocycles. The van der Waals surface area contributed by atoms with Gasteiger partial charge in [0, 0.05) is 0 Å². The van der Waals surface area contributed by atoms with Crippen molar-refractivity contribution in [1.82, 2.24) is 0 Å². The molecule has 1 N–H and O–H groups in total. The van der Waals surface area contributed by atoms with Crippen LogP contribution in [0, 0.1) is 5.41 Å². The van der Waals surface area contributed by atoms with Crippen molar-refractivity contribution in [2.75, 3.05) is 0 Å². The zero-order valence-corrected chi connectivity index (χ0v) is 8.08. The van der Waals surface area contributed by atoms with Crippen LogP contribution in [0.1, 0.15) is 33.6 Å². The normalized spacial score (nSPS) is 15.0. The van der Waals surface area contributed by atoms with E-state index < -0.39 is 0 Å². The number of hydrogen-bond donors (Lipinski definition) is 1. The van der Waals surface area contributed by atoms with Crippen molar-refractivity contribution < 1.29 is 9.90 Å². The molecule has 0 aliphatic heterocycles. The molecule has 1 atom stereocenters. The molecule has 0 aliphatic rings. The van der Waals surface area contributed by atoms with Crippen molar-refractivity contribution in [3.05, 3.63) is 12.2 Å². The minimum atomic E-state index is -0.362. The van der Waals surface area contributed by atoms with E-state index in [0.29, 0.717) is 6.42 Å². The van der Waals surface area contributed by atoms with Crippen molar-refractivity contribution in [2.24, 2.45) is 5.41 Å². The Bertz CT molecular complexity index is 159. The van der Waals surface area contributed by atoms with Crippen LogP contribution in [0.3, 0.4) is 0 Å². The van der Waals surface area contributed by atoms with E-state index in [4.69, 9.17) is 0 Å². The first-order valence-corrected chi connectivity index (χ1v) is 4.33. The topological polar surface area (TPSA) is 37.3 Å². The molecule has 0 heterocycles. The van der Waals surface area contributed by atoms with Gasteiger partial charge in [-0.15, -0.1) is 0 Å². The molecule has 0 fully saturated rings. The average molecular weight is 170 g/mol. The van der Waals surface area contributed by atoms with E-state index in [-0.39, 0.29) is 11.5 Å². The smallest absolute Gasteiger partial charge is 0.142 e. The summed E-state index contributed by atoms with van der Waals surface area (Å²) in [5, 5.41) is 9.64. The van der Waals surface area contributed by atoms with Gasteiger partial charge in [-0.05, 0) is 24.3 Å². The Labute approximate surface area is 74.3 Å². The van der Waals surface area contributed by atoms with E-state index in [9.17, 15) is 9.90 Å². The SMILES string of the molecule is CCC(C)(C)C(O)CC=CC=O. The fraction of sp³-hybridized carbons (Fsp3) is 0.700. The van der Waals surface area contributed by atoms with Crippen LogP contribution in [0.15, 0.2) is 12.2 Å². The van der Waals surface area contributed by atoms with Gasteiger partial charge in [0.2, 0.25) is 0 Å². The number of aliphatic hydroxyl groups is 1. The molecule has 0 spiro atoms. The van der Waals surface area contributed by atoms with Crippen molar-refractivity contribution in [1.29, 1.82) is 0 Å². The molecule has 70 valence electrons. The zero-order valence-electron chi connectivity index (χ0n) is 8.08. The number of hydrogen-bond acceptors (Lipinski definition) is 2. The summed E-state index contributed by atoms with van der Waals surface area (Å²) in [4.78, 5) is 9.94. The van der Waals surface area contributed by atoms with Crippen LogP contribution in [-0.4, -0.2) is 17.5 Å². The third kappa shape index (κ3) is 3.67. The van der Waals surface area contributed by atoms with Gasteiger partial charge in [0.25, 0.3) is 0 Å². The Morgan fingerprint density at radius 2 is 2.08 bits per heavy atom. The number of rotatable bonds is 5. The molecule has 0 radical (unpaired) electrons. The highest BCUT2D eigenvalue weighted by atomic mass is 16.3. The van der Waals surface area contributed by atoms with Crippen LogP contribution in [0.25, 0.3) is 0 Å². The Kier molecular flexibility index (Phi) is 4.83. The minimum absolute atomic E-state index is 0.0623. The second-order valence-electron chi connectivity index (χ2n) is 3.66. The maximum Gasteiger partial charge on any atom is 0.142 e. The van der Waals surface area contributed by atoms with Gasteiger partial charge in [0.1, 0.15) is 6.29 Å². The molecule has 2 nitrogen and oxygen atoms in total. The van der Waals surface area contributed by atoms with Crippen LogP contribution in [0.5, 0.6) is 0 Å². The summed E-state index contributed by atoms with van der Waals surface area (Å²) in [7, 11) is 0. The number of allylic oxidation sites excluding steroid dienone is 1. The first-order chi connectivity index (χ1) is 5.54. The lowest BCUT2D eigenvalue weighted by Gasteiger charge is -2.28. The van der Waals surface area contributed by atoms with Crippen LogP contribution in [0.2, 0.25) is 0 Å². The van der Waals surface area contributed by atoms with E-state index in [0.717, 1.165) is 12.7 Å². The van der Waals surface area contributed by atoms with Crippen molar-refractivity contribution >= 4 is 6.29 Å². The lowest BCUT2D eigenvalue weighted by atomic mass is 9.82. The molecule has 0 rings (SSSR count). The summed E-state index contributed by atoms with van der Waals surface area (Å²) in [5.41, 5.74) is -0.0623. The quantitative estimate of drug-likeness (QED) is 0.505. The van der Waals surface area contributed by atoms with Crippen molar-refractivity contribution in [3.63, 3.8) is 0 Å². The second-order valence-corrected chi connectivity index (χ2v) is 3.66. The van der Waals surface area contributed by atoms with Gasteiger partial charge < -0.3 is 5.11 Å². The third-order valence-corrected chi connectivity index (χ3v) is 2.39. The Hall–Kier alpha value is -0.630. The van der Waals surface area contributed by atoms with E-state index in [2.05, 4.69) is 0 Å². The Morgan fingerprint density at radius 3 is 2.50 bits per heavy atom. The molecule has 0 amide bonds. The highest BCUT2D eigenvalue weighted by Gasteiger charge is 2.24. The summed E-state index contributed by atoms with van der Waals surface area (Å²) < 4.78 is 0. The monoisotopic (exact) mass is 170 g/mol. The fourth-order valence-corrected chi connectivity index (χ4v) is 0.818. The molecule has 0 saturated carbocycles. The number of carbonyl (C=O) groups is 1. The van der Waals surface area contributed by atoms with Gasteiger partial charge in [-0.25, -0.2) is 0 Å². The van der Waals surface area contributed by atoms with Gasteiger partial charge >= 0.3 is 0 Å². The molecule has 0 aromatic heterocycles. The molecular formula is C10H18O2. The first-order valence-electron chi connectivity index (χ1n) is 4.33. The van der Waals surface area contributed by atoms with Gasteiger partial charge in [-0.1, -0.05) is 26.8 Å². The fourth-order valence-electron chi connectivity index (χ4n) is 0.818. The van der Waals surface area contributed by atoms with Crippen LogP contribution >= 0.6 is 0 Å². The zero-order chi connectivity index (χ0) is 9.61. The molecule has 1 unspecified atom stereocenters. The van der Waals surface area contributed by atoms with Crippen LogP contribution < -0.4 is 0 Å². The van der Waals surface area contributed by atoms with Crippen molar-refractivity contribution in [2.45, 2.75) is 39.7 Å². The molecule has 0 aromatic rings. The van der Waals surface area contributed by atoms with Crippen molar-refractivity contribution in [3.8, 4) is 0 Å². The number of aldehydes is 1. The largest absolute Gasteiger partial charge is 0.392 e. The molecule has 2 heteroatoms. The average Bonchev–Trinajstić information content (AvgIpc) is 2.05. The summed E-state index contributed by atoms with van der Waals surface area (Å²) >= 11 is 0. The lowest BCUT2D eigenvalue weighted by Crippen LogP contribution is -2.27.